The Morgan fingerprint density at radius 2 is 2.00 bits per heavy atom. The molecule has 0 aliphatic heterocycles. The number of halogens is 2. The first-order chi connectivity index (χ1) is 9.63. The Bertz CT molecular complexity index is 611. The highest BCUT2D eigenvalue weighted by molar-refractivity contribution is 7.98. The van der Waals surface area contributed by atoms with Crippen molar-refractivity contribution in [3.63, 3.8) is 0 Å². The first-order valence-corrected chi connectivity index (χ1v) is 7.40. The van der Waals surface area contributed by atoms with Gasteiger partial charge in [-0.1, -0.05) is 41.0 Å². The van der Waals surface area contributed by atoms with E-state index in [4.69, 9.17) is 32.7 Å². The number of methoxy groups -OCH3 is 2. The maximum Gasteiger partial charge on any atom is 0.260 e. The molecule has 0 spiro atoms. The molecular weight excluding hydrogens is 319 g/mol. The summed E-state index contributed by atoms with van der Waals surface area (Å²) in [5.41, 5.74) is 0.972. The van der Waals surface area contributed by atoms with Crippen LogP contribution in [-0.2, 0) is 5.75 Å². The molecule has 20 heavy (non-hydrogen) atoms. The van der Waals surface area contributed by atoms with E-state index < -0.39 is 0 Å². The fraction of sp³-hybridized carbons (Fsp3) is 0.231. The third kappa shape index (κ3) is 3.69. The van der Waals surface area contributed by atoms with Gasteiger partial charge in [0.2, 0.25) is 0 Å². The second-order valence-electron chi connectivity index (χ2n) is 3.75. The molecule has 0 saturated heterocycles. The van der Waals surface area contributed by atoms with Gasteiger partial charge in [0.1, 0.15) is 0 Å². The summed E-state index contributed by atoms with van der Waals surface area (Å²) in [4.78, 5) is 8.46. The van der Waals surface area contributed by atoms with E-state index in [1.807, 2.05) is 6.07 Å². The number of thioether (sulfide) groups is 1. The van der Waals surface area contributed by atoms with E-state index in [-0.39, 0.29) is 0 Å². The quantitative estimate of drug-likeness (QED) is 0.610. The molecule has 0 fully saturated rings. The maximum atomic E-state index is 6.12. The van der Waals surface area contributed by atoms with E-state index in [1.54, 1.807) is 25.4 Å². The first kappa shape index (κ1) is 15.2. The molecule has 0 unspecified atom stereocenters. The Morgan fingerprint density at radius 3 is 2.65 bits per heavy atom. The molecule has 7 heteroatoms. The van der Waals surface area contributed by atoms with Crippen LogP contribution in [0, 0.1) is 0 Å². The lowest BCUT2D eigenvalue weighted by Crippen LogP contribution is -1.97. The Kier molecular flexibility index (Phi) is 5.34. The zero-order valence-corrected chi connectivity index (χ0v) is 13.2. The molecule has 0 aliphatic rings. The zero-order chi connectivity index (χ0) is 14.5. The van der Waals surface area contributed by atoms with Gasteiger partial charge in [-0.25, -0.2) is 4.98 Å². The molecular formula is C13H12Cl2N2O2S. The van der Waals surface area contributed by atoms with Crippen molar-refractivity contribution in [3.05, 3.63) is 40.0 Å². The van der Waals surface area contributed by atoms with E-state index in [2.05, 4.69) is 9.97 Å². The lowest BCUT2D eigenvalue weighted by Gasteiger charge is -2.07. The molecule has 0 amide bonds. The summed E-state index contributed by atoms with van der Waals surface area (Å²) in [5, 5.41) is 1.84. The fourth-order valence-corrected chi connectivity index (χ4v) is 2.84. The minimum Gasteiger partial charge on any atom is -0.490 e. The zero-order valence-electron chi connectivity index (χ0n) is 10.9. The highest BCUT2D eigenvalue weighted by atomic mass is 35.5. The molecule has 2 aromatic rings. The van der Waals surface area contributed by atoms with E-state index in [0.717, 1.165) is 5.56 Å². The SMILES string of the molecule is COc1cnc(SCc2ccc(Cl)cc2Cl)nc1OC. The maximum absolute atomic E-state index is 6.12. The van der Waals surface area contributed by atoms with Gasteiger partial charge in [0.15, 0.2) is 10.9 Å². The monoisotopic (exact) mass is 330 g/mol. The van der Waals surface area contributed by atoms with Gasteiger partial charge in [-0.2, -0.15) is 4.98 Å². The van der Waals surface area contributed by atoms with Crippen molar-refractivity contribution in [3.8, 4) is 11.6 Å². The van der Waals surface area contributed by atoms with Crippen LogP contribution in [0.15, 0.2) is 29.6 Å². The van der Waals surface area contributed by atoms with Crippen LogP contribution in [0.5, 0.6) is 11.6 Å². The third-order valence-electron chi connectivity index (χ3n) is 2.49. The smallest absolute Gasteiger partial charge is 0.260 e. The second kappa shape index (κ2) is 7.02. The van der Waals surface area contributed by atoms with Gasteiger partial charge in [-0.15, -0.1) is 0 Å². The van der Waals surface area contributed by atoms with Gasteiger partial charge in [0.25, 0.3) is 5.88 Å². The van der Waals surface area contributed by atoms with Crippen LogP contribution in [-0.4, -0.2) is 24.2 Å². The van der Waals surface area contributed by atoms with Gasteiger partial charge < -0.3 is 9.47 Å². The number of benzene rings is 1. The molecule has 0 bridgehead atoms. The molecule has 0 saturated carbocycles. The molecule has 1 aromatic carbocycles. The average Bonchev–Trinajstić information content (AvgIpc) is 2.46. The Balaban J connectivity index is 2.10. The minimum absolute atomic E-state index is 0.409. The molecule has 4 nitrogen and oxygen atoms in total. The van der Waals surface area contributed by atoms with Crippen LogP contribution in [0.3, 0.4) is 0 Å². The van der Waals surface area contributed by atoms with Crippen molar-refractivity contribution in [2.75, 3.05) is 14.2 Å². The normalized spacial score (nSPS) is 10.4. The standard InChI is InChI=1S/C13H12Cl2N2O2S/c1-18-11-6-16-13(17-12(11)19-2)20-7-8-3-4-9(14)5-10(8)15/h3-6H,7H2,1-2H3. The molecule has 0 atom stereocenters. The number of nitrogens with zero attached hydrogens (tertiary/aromatic N) is 2. The number of aromatic nitrogens is 2. The van der Waals surface area contributed by atoms with E-state index in [1.165, 1.54) is 18.9 Å². The van der Waals surface area contributed by atoms with E-state index >= 15 is 0 Å². The molecule has 1 heterocycles. The molecule has 0 radical (unpaired) electrons. The van der Waals surface area contributed by atoms with Gasteiger partial charge in [-0.05, 0) is 17.7 Å². The predicted octanol–water partition coefficient (Wildman–Crippen LogP) is 4.09. The summed E-state index contributed by atoms with van der Waals surface area (Å²) in [7, 11) is 3.08. The Hall–Kier alpha value is -1.17. The summed E-state index contributed by atoms with van der Waals surface area (Å²) < 4.78 is 10.2. The van der Waals surface area contributed by atoms with Gasteiger partial charge in [0.05, 0.1) is 20.4 Å². The lowest BCUT2D eigenvalue weighted by atomic mass is 10.2. The van der Waals surface area contributed by atoms with Crippen LogP contribution in [0.2, 0.25) is 10.0 Å². The number of hydrogen-bond acceptors (Lipinski definition) is 5. The first-order valence-electron chi connectivity index (χ1n) is 5.65. The van der Waals surface area contributed by atoms with Crippen LogP contribution in [0.1, 0.15) is 5.56 Å². The van der Waals surface area contributed by atoms with Crippen molar-refractivity contribution in [1.29, 1.82) is 0 Å². The Morgan fingerprint density at radius 1 is 1.20 bits per heavy atom. The van der Waals surface area contributed by atoms with Crippen LogP contribution >= 0.6 is 35.0 Å². The largest absolute Gasteiger partial charge is 0.490 e. The topological polar surface area (TPSA) is 44.2 Å². The van der Waals surface area contributed by atoms with E-state index in [0.29, 0.717) is 32.6 Å². The summed E-state index contributed by atoms with van der Waals surface area (Å²) in [5.74, 6) is 1.56. The van der Waals surface area contributed by atoms with Crippen LogP contribution in [0.4, 0.5) is 0 Å². The molecule has 106 valence electrons. The summed E-state index contributed by atoms with van der Waals surface area (Å²) in [6, 6.07) is 5.41. The predicted molar refractivity (Wildman–Crippen MR) is 81.2 cm³/mol. The fourth-order valence-electron chi connectivity index (χ4n) is 1.48. The lowest BCUT2D eigenvalue weighted by molar-refractivity contribution is 0.337. The average molecular weight is 331 g/mol. The summed E-state index contributed by atoms with van der Waals surface area (Å²) >= 11 is 13.4. The highest BCUT2D eigenvalue weighted by Crippen LogP contribution is 2.30. The second-order valence-corrected chi connectivity index (χ2v) is 5.54. The molecule has 2 rings (SSSR count). The van der Waals surface area contributed by atoms with Crippen LogP contribution < -0.4 is 9.47 Å². The van der Waals surface area contributed by atoms with Crippen molar-refractivity contribution in [2.45, 2.75) is 10.9 Å². The number of hydrogen-bond donors (Lipinski definition) is 0. The number of ether oxygens (including phenoxy) is 2. The van der Waals surface area contributed by atoms with Gasteiger partial charge in [-0.3, -0.25) is 0 Å². The molecule has 0 aliphatic carbocycles. The van der Waals surface area contributed by atoms with Crippen LogP contribution in [0.25, 0.3) is 0 Å². The van der Waals surface area contributed by atoms with Crippen molar-refractivity contribution < 1.29 is 9.47 Å². The Labute approximate surface area is 131 Å². The van der Waals surface area contributed by atoms with Crippen molar-refractivity contribution >= 4 is 35.0 Å². The van der Waals surface area contributed by atoms with Gasteiger partial charge >= 0.3 is 0 Å². The third-order valence-corrected chi connectivity index (χ3v) is 3.98. The van der Waals surface area contributed by atoms with Gasteiger partial charge in [0, 0.05) is 15.8 Å². The van der Waals surface area contributed by atoms with Crippen molar-refractivity contribution in [1.82, 2.24) is 9.97 Å². The summed E-state index contributed by atoms with van der Waals surface area (Å²) in [6.07, 6.45) is 1.58. The molecule has 1 aromatic heterocycles. The van der Waals surface area contributed by atoms with Crippen molar-refractivity contribution in [2.24, 2.45) is 0 Å². The number of rotatable bonds is 5. The summed E-state index contributed by atoms with van der Waals surface area (Å²) in [6.45, 7) is 0. The van der Waals surface area contributed by atoms with E-state index in [9.17, 15) is 0 Å². The molecule has 0 N–H and O–H groups in total. The minimum atomic E-state index is 0.409. The highest BCUT2D eigenvalue weighted by Gasteiger charge is 2.09.